The van der Waals surface area contributed by atoms with Gasteiger partial charge >= 0.3 is 99.8 Å². The number of para-hydroxylation sites is 3. The first-order valence-corrected chi connectivity index (χ1v) is 24.4. The molecule has 9 rings (SSSR count). The molecule has 9 aromatic rings. The molecule has 0 N–H and O–H groups in total. The maximum absolute atomic E-state index is 14.4. The minimum Gasteiger partial charge on any atom is 0 e. The molecular formula is C45H33F2GeIrN3O-2. The number of benzene rings is 6. The molecule has 6 aromatic carbocycles. The molecule has 0 unspecified atom stereocenters. The van der Waals surface area contributed by atoms with E-state index in [2.05, 4.69) is 51.1 Å². The van der Waals surface area contributed by atoms with Crippen molar-refractivity contribution in [3.05, 3.63) is 169 Å². The quantitative estimate of drug-likeness (QED) is 0.128. The van der Waals surface area contributed by atoms with E-state index < -0.39 is 24.9 Å². The topological polar surface area (TPSA) is 43.9 Å². The van der Waals surface area contributed by atoms with Crippen LogP contribution in [-0.2, 0) is 20.1 Å². The Labute approximate surface area is 322 Å². The number of nitrogens with zero attached hydrogens (tertiary/aromatic N) is 3. The Kier molecular flexibility index (Phi) is 10.3. The van der Waals surface area contributed by atoms with E-state index in [9.17, 15) is 8.78 Å². The van der Waals surface area contributed by atoms with Crippen molar-refractivity contribution in [2.24, 2.45) is 0 Å². The Balaban J connectivity index is 0.000000216. The third kappa shape index (κ3) is 7.12. The number of aromatic nitrogens is 3. The Morgan fingerprint density at radius 2 is 1.45 bits per heavy atom. The van der Waals surface area contributed by atoms with Crippen molar-refractivity contribution in [3.8, 4) is 39.5 Å². The molecule has 3 aromatic heterocycles. The summed E-state index contributed by atoms with van der Waals surface area (Å²) < 4.78 is 38.8. The number of furan rings is 1. The Morgan fingerprint density at radius 3 is 2.17 bits per heavy atom. The first-order chi connectivity index (χ1) is 25.3. The maximum Gasteiger partial charge on any atom is 0 e. The average Bonchev–Trinajstić information content (AvgIpc) is 3.74. The van der Waals surface area contributed by atoms with Crippen molar-refractivity contribution in [1.29, 1.82) is 0 Å². The standard InChI is InChI=1S/C31H17F2N2O.C14H16GeN.Ir/c32-24-12-7-13-25(33)29(24)19-16-17-21-22-10-6-11-23(30(22)36-28(21)18-19)31-34-26-14-4-5-15-27(26)35(31)20-8-2-1-3-9-20;1-15(2,3)13-9-10-14(16-11-13)12-7-5-4-6-8-12;/h1-10,12-18H;4-7,9-11H,1-3H3;/q2*-1;. The number of pyridine rings is 1. The monoisotopic (exact) mass is 936 g/mol. The second-order valence-corrected chi connectivity index (χ2v) is 24.2. The van der Waals surface area contributed by atoms with Crippen LogP contribution in [0.5, 0.6) is 0 Å². The molecule has 0 bridgehead atoms. The minimum absolute atomic E-state index is 0. The predicted octanol–water partition coefficient (Wildman–Crippen LogP) is 11.4. The van der Waals surface area contributed by atoms with Crippen LogP contribution >= 0.6 is 0 Å². The molecule has 0 saturated heterocycles. The Hall–Kier alpha value is -5.21. The number of halogens is 2. The molecule has 0 amide bonds. The zero-order valence-corrected chi connectivity index (χ0v) is 33.7. The van der Waals surface area contributed by atoms with Gasteiger partial charge in [-0.3, -0.25) is 4.98 Å². The summed E-state index contributed by atoms with van der Waals surface area (Å²) in [5, 5.41) is 1.73. The molecule has 4 nitrogen and oxygen atoms in total. The fourth-order valence-electron chi connectivity index (χ4n) is 6.42. The van der Waals surface area contributed by atoms with Crippen molar-refractivity contribution in [2.75, 3.05) is 0 Å². The van der Waals surface area contributed by atoms with Crippen LogP contribution in [0.15, 0.2) is 150 Å². The molecule has 0 saturated carbocycles. The predicted molar refractivity (Wildman–Crippen MR) is 209 cm³/mol. The van der Waals surface area contributed by atoms with Crippen LogP contribution < -0.4 is 4.40 Å². The van der Waals surface area contributed by atoms with Gasteiger partial charge in [-0.1, -0.05) is 59.5 Å². The Bertz CT molecular complexity index is 2670. The van der Waals surface area contributed by atoms with E-state index in [0.717, 1.165) is 38.8 Å². The van der Waals surface area contributed by atoms with Gasteiger partial charge < -0.3 is 8.98 Å². The van der Waals surface area contributed by atoms with Gasteiger partial charge in [-0.15, -0.1) is 18.2 Å². The van der Waals surface area contributed by atoms with Gasteiger partial charge in [0.1, 0.15) is 17.2 Å². The van der Waals surface area contributed by atoms with Crippen molar-refractivity contribution in [1.82, 2.24) is 14.5 Å². The molecule has 0 aliphatic rings. The summed E-state index contributed by atoms with van der Waals surface area (Å²) in [6, 6.07) is 49.7. The SMILES string of the molecule is Fc1cccc(F)c1-c1ccc2c(c1)oc1c(-c3nc4ccccc4n3-c3ccccc3)[c-]ccc12.[CH3][Ge]([CH3])([CH3])[c]1ccc(-c2[c-]cccc2)nc1.[Ir]. The second-order valence-electron chi connectivity index (χ2n) is 13.6. The summed E-state index contributed by atoms with van der Waals surface area (Å²) in [7, 11) is 0. The summed E-state index contributed by atoms with van der Waals surface area (Å²) in [5.41, 5.74) is 7.08. The van der Waals surface area contributed by atoms with Gasteiger partial charge in [-0.25, -0.2) is 8.78 Å². The van der Waals surface area contributed by atoms with Crippen LogP contribution in [0.4, 0.5) is 8.78 Å². The van der Waals surface area contributed by atoms with Gasteiger partial charge in [-0.2, -0.15) is 0 Å². The first kappa shape index (κ1) is 36.2. The molecule has 53 heavy (non-hydrogen) atoms. The molecule has 0 atom stereocenters. The third-order valence-corrected chi connectivity index (χ3v) is 13.4. The molecule has 0 fully saturated rings. The zero-order chi connectivity index (χ0) is 35.8. The average molecular weight is 935 g/mol. The van der Waals surface area contributed by atoms with Crippen LogP contribution in [-0.4, -0.2) is 27.8 Å². The van der Waals surface area contributed by atoms with E-state index in [1.165, 1.54) is 22.6 Å². The van der Waals surface area contributed by atoms with E-state index >= 15 is 0 Å². The van der Waals surface area contributed by atoms with Crippen molar-refractivity contribution >= 4 is 50.6 Å². The summed E-state index contributed by atoms with van der Waals surface area (Å²) >= 11 is -1.72. The number of hydrogen-bond acceptors (Lipinski definition) is 3. The van der Waals surface area contributed by atoms with Gasteiger partial charge in [0.15, 0.2) is 0 Å². The van der Waals surface area contributed by atoms with E-state index in [0.29, 0.717) is 28.1 Å². The number of fused-ring (bicyclic) bond motifs is 4. The fourth-order valence-corrected chi connectivity index (χ4v) is 8.59. The number of hydrogen-bond donors (Lipinski definition) is 0. The zero-order valence-electron chi connectivity index (χ0n) is 29.2. The molecule has 263 valence electrons. The Morgan fingerprint density at radius 1 is 0.698 bits per heavy atom. The van der Waals surface area contributed by atoms with E-state index in [1.54, 1.807) is 12.1 Å². The second kappa shape index (κ2) is 15.0. The smallest absolute Gasteiger partial charge is 0 e. The van der Waals surface area contributed by atoms with Gasteiger partial charge in [0, 0.05) is 31.2 Å². The van der Waals surface area contributed by atoms with Gasteiger partial charge in [-0.05, 0) is 48.0 Å². The summed E-state index contributed by atoms with van der Waals surface area (Å²) in [6.45, 7) is 0. The van der Waals surface area contributed by atoms with E-state index in [1.807, 2.05) is 103 Å². The minimum atomic E-state index is -1.72. The fraction of sp³-hybridized carbons (Fsp3) is 0.0667. The van der Waals surface area contributed by atoms with Gasteiger partial charge in [0.25, 0.3) is 0 Å². The number of imidazole rings is 1. The van der Waals surface area contributed by atoms with E-state index in [4.69, 9.17) is 9.40 Å². The van der Waals surface area contributed by atoms with Crippen molar-refractivity contribution < 1.29 is 33.3 Å². The third-order valence-electron chi connectivity index (χ3n) is 9.10. The number of rotatable bonds is 5. The molecule has 0 aliphatic heterocycles. The summed E-state index contributed by atoms with van der Waals surface area (Å²) in [4.78, 5) is 9.47. The first-order valence-electron chi connectivity index (χ1n) is 17.0. The summed E-state index contributed by atoms with van der Waals surface area (Å²) in [6.07, 6.45) is 2.04. The van der Waals surface area contributed by atoms with Crippen LogP contribution in [0, 0.1) is 23.8 Å². The normalized spacial score (nSPS) is 11.3. The van der Waals surface area contributed by atoms with Crippen molar-refractivity contribution in [2.45, 2.75) is 17.3 Å². The largest absolute Gasteiger partial charge is 0 e. The molecule has 0 spiro atoms. The molecule has 0 aliphatic carbocycles. The molecule has 8 heteroatoms. The van der Waals surface area contributed by atoms with Crippen LogP contribution in [0.2, 0.25) is 17.3 Å². The van der Waals surface area contributed by atoms with Crippen LogP contribution in [0.3, 0.4) is 0 Å². The van der Waals surface area contributed by atoms with Gasteiger partial charge in [0.2, 0.25) is 0 Å². The van der Waals surface area contributed by atoms with E-state index in [-0.39, 0.29) is 25.7 Å². The molecular weight excluding hydrogens is 901 g/mol. The van der Waals surface area contributed by atoms with Crippen LogP contribution in [0.1, 0.15) is 0 Å². The van der Waals surface area contributed by atoms with Crippen molar-refractivity contribution in [3.63, 3.8) is 0 Å². The molecule has 1 radical (unpaired) electrons. The maximum atomic E-state index is 14.4. The van der Waals surface area contributed by atoms with Gasteiger partial charge in [0.05, 0.1) is 28.0 Å². The molecule has 3 heterocycles. The summed E-state index contributed by atoms with van der Waals surface area (Å²) in [5.74, 6) is 6.61. The van der Waals surface area contributed by atoms with Crippen LogP contribution in [0.25, 0.3) is 72.4 Å².